The Morgan fingerprint density at radius 2 is 2.25 bits per heavy atom. The predicted octanol–water partition coefficient (Wildman–Crippen LogP) is -0.526. The lowest BCUT2D eigenvalue weighted by Crippen LogP contribution is -2.19. The van der Waals surface area contributed by atoms with Crippen molar-refractivity contribution in [3.8, 4) is 0 Å². The molecule has 0 aromatic rings. The van der Waals surface area contributed by atoms with E-state index in [0.29, 0.717) is 4.74 Å². The van der Waals surface area contributed by atoms with Crippen molar-refractivity contribution >= 4 is 18.8 Å². The van der Waals surface area contributed by atoms with Gasteiger partial charge in [0, 0.05) is 0 Å². The van der Waals surface area contributed by atoms with E-state index < -0.39 is 12.1 Å². The SMILES string of the molecule is C=[N+]1OC(=O)NC1=O. The van der Waals surface area contributed by atoms with Crippen LogP contribution in [0.15, 0.2) is 0 Å². The number of imide groups is 1. The van der Waals surface area contributed by atoms with Crippen LogP contribution in [0.25, 0.3) is 0 Å². The fraction of sp³-hybridized carbons (Fsp3) is 0. The maximum absolute atomic E-state index is 10.2. The molecule has 1 aliphatic rings. The van der Waals surface area contributed by atoms with E-state index in [0.717, 1.165) is 0 Å². The molecular weight excluding hydrogens is 112 g/mol. The molecular formula is C3H3N2O3+. The summed E-state index contributed by atoms with van der Waals surface area (Å²) in [6, 6.07) is -0.644. The molecule has 0 spiro atoms. The number of rotatable bonds is 0. The van der Waals surface area contributed by atoms with Crippen molar-refractivity contribution in [2.75, 3.05) is 0 Å². The van der Waals surface area contributed by atoms with Crippen LogP contribution in [0.5, 0.6) is 0 Å². The lowest BCUT2D eigenvalue weighted by molar-refractivity contribution is -0.664. The highest BCUT2D eigenvalue weighted by Crippen LogP contribution is 1.89. The normalized spacial score (nSPS) is 18.2. The summed E-state index contributed by atoms with van der Waals surface area (Å²) in [5.41, 5.74) is 0. The van der Waals surface area contributed by atoms with E-state index in [1.54, 1.807) is 0 Å². The average Bonchev–Trinajstić information content (AvgIpc) is 1.85. The molecule has 42 valence electrons. The number of carbonyl (C=O) groups is 2. The van der Waals surface area contributed by atoms with Gasteiger partial charge >= 0.3 is 12.1 Å². The van der Waals surface area contributed by atoms with E-state index in [9.17, 15) is 9.59 Å². The van der Waals surface area contributed by atoms with Crippen LogP contribution in [-0.4, -0.2) is 23.6 Å². The van der Waals surface area contributed by atoms with Crippen LogP contribution in [0.4, 0.5) is 9.59 Å². The number of nitrogens with one attached hydrogen (secondary N) is 1. The third kappa shape index (κ3) is 0.534. The number of hydrogen-bond acceptors (Lipinski definition) is 3. The zero-order valence-corrected chi connectivity index (χ0v) is 3.88. The molecule has 0 atom stereocenters. The molecule has 1 N–H and O–H groups in total. The highest BCUT2D eigenvalue weighted by molar-refractivity contribution is 5.89. The molecule has 5 heteroatoms. The van der Waals surface area contributed by atoms with Crippen LogP contribution in [0, 0.1) is 0 Å². The number of nitrogens with zero attached hydrogens (tertiary/aromatic N) is 1. The van der Waals surface area contributed by atoms with Crippen molar-refractivity contribution in [1.82, 2.24) is 5.32 Å². The Balaban J connectivity index is 2.79. The monoisotopic (exact) mass is 115 g/mol. The minimum atomic E-state index is -0.787. The van der Waals surface area contributed by atoms with Gasteiger partial charge in [-0.1, -0.05) is 0 Å². The van der Waals surface area contributed by atoms with E-state index >= 15 is 0 Å². The minimum absolute atomic E-state index is 0.572. The second-order valence-electron chi connectivity index (χ2n) is 1.19. The number of hydrogen-bond donors (Lipinski definition) is 1. The molecule has 0 radical (unpaired) electrons. The summed E-state index contributed by atoms with van der Waals surface area (Å²) in [7, 11) is 0. The van der Waals surface area contributed by atoms with Gasteiger partial charge in [0.15, 0.2) is 0 Å². The summed E-state index contributed by atoms with van der Waals surface area (Å²) in [6.07, 6.45) is -0.787. The molecule has 5 nitrogen and oxygen atoms in total. The zero-order valence-electron chi connectivity index (χ0n) is 3.88. The molecule has 0 unspecified atom stereocenters. The van der Waals surface area contributed by atoms with Gasteiger partial charge in [0.2, 0.25) is 0 Å². The summed E-state index contributed by atoms with van der Waals surface area (Å²) in [5, 5.41) is 1.83. The van der Waals surface area contributed by atoms with Crippen molar-refractivity contribution in [2.45, 2.75) is 0 Å². The van der Waals surface area contributed by atoms with Crippen LogP contribution >= 0.6 is 0 Å². The molecule has 0 bridgehead atoms. The van der Waals surface area contributed by atoms with Gasteiger partial charge in [-0.05, 0) is 4.74 Å². The van der Waals surface area contributed by atoms with Gasteiger partial charge < -0.3 is 0 Å². The maximum atomic E-state index is 10.2. The minimum Gasteiger partial charge on any atom is -0.208 e. The smallest absolute Gasteiger partial charge is 0.208 e. The van der Waals surface area contributed by atoms with E-state index in [2.05, 4.69) is 11.6 Å². The summed E-state index contributed by atoms with van der Waals surface area (Å²) >= 11 is 0. The van der Waals surface area contributed by atoms with Crippen molar-refractivity contribution in [1.29, 1.82) is 0 Å². The third-order valence-electron chi connectivity index (χ3n) is 0.629. The van der Waals surface area contributed by atoms with Gasteiger partial charge in [-0.25, -0.2) is 4.84 Å². The zero-order chi connectivity index (χ0) is 6.15. The van der Waals surface area contributed by atoms with Crippen LogP contribution < -0.4 is 5.32 Å². The molecule has 1 fully saturated rings. The Morgan fingerprint density at radius 1 is 1.62 bits per heavy atom. The van der Waals surface area contributed by atoms with Crippen molar-refractivity contribution in [2.24, 2.45) is 0 Å². The molecule has 1 aliphatic heterocycles. The first-order valence-corrected chi connectivity index (χ1v) is 1.83. The molecule has 0 aromatic heterocycles. The number of carbonyl (C=O) groups excluding carboxylic acids is 2. The molecule has 3 amide bonds. The largest absolute Gasteiger partial charge is 0.550 e. The Bertz CT molecular complexity index is 155. The summed E-state index contributed by atoms with van der Waals surface area (Å²) in [5.74, 6) is 0. The van der Waals surface area contributed by atoms with E-state index in [1.807, 2.05) is 5.32 Å². The Hall–Kier alpha value is -1.39. The number of urea groups is 1. The van der Waals surface area contributed by atoms with E-state index in [4.69, 9.17) is 0 Å². The van der Waals surface area contributed by atoms with Crippen LogP contribution in [0.1, 0.15) is 0 Å². The Morgan fingerprint density at radius 3 is 2.38 bits per heavy atom. The van der Waals surface area contributed by atoms with Crippen molar-refractivity contribution in [3.05, 3.63) is 0 Å². The van der Waals surface area contributed by atoms with Gasteiger partial charge in [0.25, 0.3) is 0 Å². The fourth-order valence-corrected chi connectivity index (χ4v) is 0.314. The quantitative estimate of drug-likeness (QED) is 0.341. The lowest BCUT2D eigenvalue weighted by Gasteiger charge is -1.75. The standard InChI is InChI=1S/C3H2N2O3/c1-5-2(6)4-3(7)8-5/h1H2/p+1. The summed E-state index contributed by atoms with van der Waals surface area (Å²) in [4.78, 5) is 24.3. The second kappa shape index (κ2) is 1.29. The van der Waals surface area contributed by atoms with Crippen LogP contribution in [-0.2, 0) is 4.84 Å². The highest BCUT2D eigenvalue weighted by Gasteiger charge is 2.33. The van der Waals surface area contributed by atoms with Crippen LogP contribution in [0.3, 0.4) is 0 Å². The predicted molar refractivity (Wildman–Crippen MR) is 22.4 cm³/mol. The maximum Gasteiger partial charge on any atom is 0.550 e. The molecule has 1 saturated heterocycles. The van der Waals surface area contributed by atoms with Gasteiger partial charge in [0.1, 0.15) is 6.72 Å². The summed E-state index contributed by atoms with van der Waals surface area (Å²) < 4.78 is 0.572. The van der Waals surface area contributed by atoms with E-state index in [1.165, 1.54) is 0 Å². The number of hydroxylamine groups is 1. The Labute approximate surface area is 44.5 Å². The first-order valence-electron chi connectivity index (χ1n) is 1.83. The molecule has 1 rings (SSSR count). The third-order valence-corrected chi connectivity index (χ3v) is 0.629. The number of amides is 3. The van der Waals surface area contributed by atoms with Gasteiger partial charge in [-0.2, -0.15) is 9.59 Å². The average molecular weight is 115 g/mol. The van der Waals surface area contributed by atoms with Crippen LogP contribution in [0.2, 0.25) is 0 Å². The van der Waals surface area contributed by atoms with E-state index in [-0.39, 0.29) is 0 Å². The lowest BCUT2D eigenvalue weighted by atomic mass is 11.0. The molecule has 1 heterocycles. The van der Waals surface area contributed by atoms with Crippen molar-refractivity contribution in [3.63, 3.8) is 0 Å². The van der Waals surface area contributed by atoms with Gasteiger partial charge in [-0.3, -0.25) is 0 Å². The van der Waals surface area contributed by atoms with Gasteiger partial charge in [-0.15, -0.1) is 5.32 Å². The highest BCUT2D eigenvalue weighted by atomic mass is 16.7. The second-order valence-corrected chi connectivity index (χ2v) is 1.19. The topological polar surface area (TPSA) is 58.4 Å². The van der Waals surface area contributed by atoms with Gasteiger partial charge in [0.05, 0.1) is 0 Å². The first-order chi connectivity index (χ1) is 3.70. The first kappa shape index (κ1) is 4.76. The molecule has 0 aromatic carbocycles. The Kier molecular flexibility index (Phi) is 0.768. The summed E-state index contributed by atoms with van der Waals surface area (Å²) in [6.45, 7) is 3.05. The molecule has 0 saturated carbocycles. The molecule has 8 heavy (non-hydrogen) atoms. The fourth-order valence-electron chi connectivity index (χ4n) is 0.314. The molecule has 0 aliphatic carbocycles. The van der Waals surface area contributed by atoms with Crippen molar-refractivity contribution < 1.29 is 19.2 Å².